The monoisotopic (exact) mass is 294 g/mol. The van der Waals surface area contributed by atoms with E-state index in [1.54, 1.807) is 0 Å². The Morgan fingerprint density at radius 2 is 2.15 bits per heavy atom. The highest BCUT2D eigenvalue weighted by Crippen LogP contribution is 2.31. The number of nitrogens with one attached hydrogen (secondary N) is 1. The fraction of sp³-hybridized carbons (Fsp3) is 0.733. The van der Waals surface area contributed by atoms with Crippen molar-refractivity contribution in [2.24, 2.45) is 0 Å². The molecule has 2 rings (SSSR count). The molecule has 112 valence electrons. The Balaban J connectivity index is 2.03. The first-order valence-electron chi connectivity index (χ1n) is 7.39. The smallest absolute Gasteiger partial charge is 0.147 e. The summed E-state index contributed by atoms with van der Waals surface area (Å²) in [4.78, 5) is 11.5. The largest absolute Gasteiger partial charge is 0.354 e. The third-order valence-electron chi connectivity index (χ3n) is 3.52. The van der Waals surface area contributed by atoms with Gasteiger partial charge in [0.25, 0.3) is 0 Å². The Bertz CT molecular complexity index is 434. The Hall–Kier alpha value is -0.810. The molecule has 0 unspecified atom stereocenters. The molecule has 0 spiro atoms. The van der Waals surface area contributed by atoms with Gasteiger partial charge in [0.05, 0.1) is 11.9 Å². The van der Waals surface area contributed by atoms with Crippen molar-refractivity contribution < 1.29 is 0 Å². The number of hydrogen-bond acceptors (Lipinski definition) is 5. The van der Waals surface area contributed by atoms with Crippen LogP contribution in [0.15, 0.2) is 12.4 Å². The second-order valence-electron chi connectivity index (χ2n) is 6.25. The van der Waals surface area contributed by atoms with Gasteiger partial charge in [0.1, 0.15) is 5.82 Å². The molecule has 0 saturated carbocycles. The standard InChI is InChI=1S/C15H26N4S/c1-12(2)17-10-13-9-16-11-14(18-13)19-6-5-15(3,4)20-8-7-19/h9,11-12,17H,5-8,10H2,1-4H3. The molecule has 1 N–H and O–H groups in total. The quantitative estimate of drug-likeness (QED) is 0.924. The third-order valence-corrected chi connectivity index (χ3v) is 4.90. The van der Waals surface area contributed by atoms with Crippen LogP contribution in [-0.4, -0.2) is 39.6 Å². The molecule has 1 aromatic heterocycles. The number of hydrogen-bond donors (Lipinski definition) is 1. The van der Waals surface area contributed by atoms with Crippen LogP contribution < -0.4 is 10.2 Å². The van der Waals surface area contributed by atoms with Crippen LogP contribution >= 0.6 is 11.8 Å². The fourth-order valence-electron chi connectivity index (χ4n) is 2.19. The van der Waals surface area contributed by atoms with Crippen molar-refractivity contribution in [2.45, 2.75) is 51.4 Å². The molecule has 4 nitrogen and oxygen atoms in total. The Labute approximate surface area is 126 Å². The summed E-state index contributed by atoms with van der Waals surface area (Å²) in [5.41, 5.74) is 1.02. The van der Waals surface area contributed by atoms with Gasteiger partial charge in [0, 0.05) is 42.4 Å². The van der Waals surface area contributed by atoms with E-state index in [0.29, 0.717) is 10.8 Å². The minimum Gasteiger partial charge on any atom is -0.354 e. The van der Waals surface area contributed by atoms with Crippen LogP contribution in [0, 0.1) is 0 Å². The highest BCUT2D eigenvalue weighted by atomic mass is 32.2. The molecule has 1 fully saturated rings. The highest BCUT2D eigenvalue weighted by molar-refractivity contribution is 8.00. The predicted molar refractivity (Wildman–Crippen MR) is 87.4 cm³/mol. The minimum absolute atomic E-state index is 0.374. The van der Waals surface area contributed by atoms with E-state index in [4.69, 9.17) is 4.98 Å². The summed E-state index contributed by atoms with van der Waals surface area (Å²) in [6.07, 6.45) is 4.94. The van der Waals surface area contributed by atoms with E-state index in [9.17, 15) is 0 Å². The summed E-state index contributed by atoms with van der Waals surface area (Å²) < 4.78 is 0.374. The zero-order valence-electron chi connectivity index (χ0n) is 13.0. The molecule has 2 heterocycles. The van der Waals surface area contributed by atoms with E-state index in [1.165, 1.54) is 6.42 Å². The van der Waals surface area contributed by atoms with E-state index in [-0.39, 0.29) is 0 Å². The van der Waals surface area contributed by atoms with Crippen molar-refractivity contribution in [3.63, 3.8) is 0 Å². The average Bonchev–Trinajstić information content (AvgIpc) is 2.58. The summed E-state index contributed by atoms with van der Waals surface area (Å²) in [7, 11) is 0. The second kappa shape index (κ2) is 6.76. The van der Waals surface area contributed by atoms with Crippen molar-refractivity contribution >= 4 is 17.6 Å². The van der Waals surface area contributed by atoms with Gasteiger partial charge in [-0.1, -0.05) is 27.7 Å². The van der Waals surface area contributed by atoms with Gasteiger partial charge in [-0.05, 0) is 6.42 Å². The number of thioether (sulfide) groups is 1. The summed E-state index contributed by atoms with van der Waals surface area (Å²) in [5.74, 6) is 2.18. The second-order valence-corrected chi connectivity index (χ2v) is 8.05. The van der Waals surface area contributed by atoms with Crippen molar-refractivity contribution in [2.75, 3.05) is 23.7 Å². The Kier molecular flexibility index (Phi) is 5.27. The SMILES string of the molecule is CC(C)NCc1cncc(N2CCSC(C)(C)CC2)n1. The summed E-state index contributed by atoms with van der Waals surface area (Å²) in [5, 5.41) is 3.39. The predicted octanol–water partition coefficient (Wildman–Crippen LogP) is 2.70. The van der Waals surface area contributed by atoms with Crippen molar-refractivity contribution in [1.29, 1.82) is 0 Å². The van der Waals surface area contributed by atoms with Crippen LogP contribution in [0.3, 0.4) is 0 Å². The Morgan fingerprint density at radius 1 is 1.35 bits per heavy atom. The van der Waals surface area contributed by atoms with E-state index in [0.717, 1.165) is 36.9 Å². The van der Waals surface area contributed by atoms with Crippen LogP contribution in [0.25, 0.3) is 0 Å². The first-order valence-corrected chi connectivity index (χ1v) is 8.38. The number of aromatic nitrogens is 2. The normalized spacial score (nSPS) is 19.1. The molecular weight excluding hydrogens is 268 g/mol. The van der Waals surface area contributed by atoms with Gasteiger partial charge in [-0.3, -0.25) is 4.98 Å². The van der Waals surface area contributed by atoms with Crippen LogP contribution in [0.1, 0.15) is 39.8 Å². The lowest BCUT2D eigenvalue weighted by Crippen LogP contribution is -2.29. The minimum atomic E-state index is 0.374. The average molecular weight is 294 g/mol. The van der Waals surface area contributed by atoms with Gasteiger partial charge in [-0.25, -0.2) is 4.98 Å². The van der Waals surface area contributed by atoms with Gasteiger partial charge in [-0.2, -0.15) is 11.8 Å². The maximum atomic E-state index is 4.75. The molecule has 20 heavy (non-hydrogen) atoms. The topological polar surface area (TPSA) is 41.1 Å². The van der Waals surface area contributed by atoms with Crippen LogP contribution in [-0.2, 0) is 6.54 Å². The molecule has 0 radical (unpaired) electrons. The molecular formula is C15H26N4S. The molecule has 1 aromatic rings. The first-order chi connectivity index (χ1) is 9.46. The van der Waals surface area contributed by atoms with E-state index in [1.807, 2.05) is 12.4 Å². The Morgan fingerprint density at radius 3 is 2.90 bits per heavy atom. The molecule has 5 heteroatoms. The third kappa shape index (κ3) is 4.63. The lowest BCUT2D eigenvalue weighted by atomic mass is 10.1. The van der Waals surface area contributed by atoms with Crippen molar-refractivity contribution in [3.8, 4) is 0 Å². The van der Waals surface area contributed by atoms with Crippen LogP contribution in [0.4, 0.5) is 5.82 Å². The van der Waals surface area contributed by atoms with Gasteiger partial charge in [-0.15, -0.1) is 0 Å². The van der Waals surface area contributed by atoms with Crippen LogP contribution in [0.5, 0.6) is 0 Å². The highest BCUT2D eigenvalue weighted by Gasteiger charge is 2.24. The van der Waals surface area contributed by atoms with Gasteiger partial charge < -0.3 is 10.2 Å². The molecule has 1 aliphatic rings. The van der Waals surface area contributed by atoms with Crippen molar-refractivity contribution in [3.05, 3.63) is 18.1 Å². The molecule has 0 atom stereocenters. The maximum Gasteiger partial charge on any atom is 0.147 e. The summed E-state index contributed by atoms with van der Waals surface area (Å²) in [6.45, 7) is 11.9. The van der Waals surface area contributed by atoms with Crippen LogP contribution in [0.2, 0.25) is 0 Å². The molecule has 1 aliphatic heterocycles. The summed E-state index contributed by atoms with van der Waals surface area (Å²) in [6, 6.07) is 0.468. The van der Waals surface area contributed by atoms with E-state index < -0.39 is 0 Å². The zero-order valence-corrected chi connectivity index (χ0v) is 13.8. The van der Waals surface area contributed by atoms with E-state index >= 15 is 0 Å². The zero-order chi connectivity index (χ0) is 14.6. The molecule has 0 aromatic carbocycles. The molecule has 0 aliphatic carbocycles. The number of anilines is 1. The molecule has 1 saturated heterocycles. The first kappa shape index (κ1) is 15.6. The fourth-order valence-corrected chi connectivity index (χ4v) is 3.29. The molecule has 0 bridgehead atoms. The van der Waals surface area contributed by atoms with E-state index in [2.05, 4.69) is 54.7 Å². The van der Waals surface area contributed by atoms with Gasteiger partial charge >= 0.3 is 0 Å². The number of nitrogens with zero attached hydrogens (tertiary/aromatic N) is 3. The maximum absolute atomic E-state index is 4.75. The van der Waals surface area contributed by atoms with Crippen molar-refractivity contribution in [1.82, 2.24) is 15.3 Å². The van der Waals surface area contributed by atoms with Gasteiger partial charge in [0.15, 0.2) is 0 Å². The lowest BCUT2D eigenvalue weighted by molar-refractivity contribution is 0.578. The van der Waals surface area contributed by atoms with Gasteiger partial charge in [0.2, 0.25) is 0 Å². The molecule has 0 amide bonds. The summed E-state index contributed by atoms with van der Waals surface area (Å²) >= 11 is 2.06. The number of rotatable bonds is 4. The lowest BCUT2D eigenvalue weighted by Gasteiger charge is -2.23.